The van der Waals surface area contributed by atoms with E-state index in [1.54, 1.807) is 48.5 Å². The van der Waals surface area contributed by atoms with E-state index in [-0.39, 0.29) is 17.2 Å². The lowest BCUT2D eigenvalue weighted by Gasteiger charge is -2.14. The van der Waals surface area contributed by atoms with Crippen molar-refractivity contribution in [1.29, 1.82) is 0 Å². The highest BCUT2D eigenvalue weighted by atomic mass is 35.5. The van der Waals surface area contributed by atoms with Gasteiger partial charge in [0, 0.05) is 5.69 Å². The van der Waals surface area contributed by atoms with Gasteiger partial charge >= 0.3 is 0 Å². The molecule has 0 saturated heterocycles. The van der Waals surface area contributed by atoms with Crippen molar-refractivity contribution in [3.8, 4) is 17.2 Å². The Bertz CT molecular complexity index is 1200. The van der Waals surface area contributed by atoms with E-state index in [1.165, 1.54) is 32.4 Å². The number of anilines is 2. The molecular formula is C22H21ClN2O6S. The molecule has 0 aliphatic carbocycles. The summed E-state index contributed by atoms with van der Waals surface area (Å²) in [6.07, 6.45) is 0. The van der Waals surface area contributed by atoms with Crippen molar-refractivity contribution in [3.05, 3.63) is 71.8 Å². The van der Waals surface area contributed by atoms with Gasteiger partial charge in [-0.15, -0.1) is 0 Å². The van der Waals surface area contributed by atoms with Gasteiger partial charge < -0.3 is 19.5 Å². The summed E-state index contributed by atoms with van der Waals surface area (Å²) in [6, 6.07) is 17.3. The average molecular weight is 477 g/mol. The molecule has 0 aromatic heterocycles. The summed E-state index contributed by atoms with van der Waals surface area (Å²) in [4.78, 5) is 12.3. The number of amides is 1. The minimum atomic E-state index is -3.92. The van der Waals surface area contributed by atoms with Crippen molar-refractivity contribution < 1.29 is 27.4 Å². The van der Waals surface area contributed by atoms with Crippen LogP contribution in [0.5, 0.6) is 17.2 Å². The van der Waals surface area contributed by atoms with Crippen LogP contribution in [0.15, 0.2) is 71.6 Å². The second kappa shape index (κ2) is 10.3. The molecule has 10 heteroatoms. The van der Waals surface area contributed by atoms with Crippen molar-refractivity contribution in [3.63, 3.8) is 0 Å². The van der Waals surface area contributed by atoms with E-state index < -0.39 is 15.9 Å². The molecule has 0 aliphatic rings. The molecule has 32 heavy (non-hydrogen) atoms. The Kier molecular flexibility index (Phi) is 7.45. The van der Waals surface area contributed by atoms with Gasteiger partial charge in [0.15, 0.2) is 6.61 Å². The number of sulfonamides is 1. The minimum Gasteiger partial charge on any atom is -0.497 e. The standard InChI is InChI=1S/C22H21ClN2O6S/c1-29-16-9-7-15(8-10-16)25-32(27,28)17-11-12-21(30-2)19(13-17)24-22(26)14-31-20-6-4-3-5-18(20)23/h3-13,25H,14H2,1-2H3,(H,24,26). The molecule has 3 aromatic carbocycles. The zero-order valence-electron chi connectivity index (χ0n) is 17.3. The SMILES string of the molecule is COc1ccc(NS(=O)(=O)c2ccc(OC)c(NC(=O)COc3ccccc3Cl)c2)cc1. The normalized spacial score (nSPS) is 10.8. The monoisotopic (exact) mass is 476 g/mol. The maximum atomic E-state index is 12.8. The second-order valence-corrected chi connectivity index (χ2v) is 8.55. The number of ether oxygens (including phenoxy) is 3. The molecule has 0 bridgehead atoms. The van der Waals surface area contributed by atoms with Crippen molar-refractivity contribution in [2.24, 2.45) is 0 Å². The number of halogens is 1. The molecule has 0 aliphatic heterocycles. The number of hydrogen-bond donors (Lipinski definition) is 2. The number of hydrogen-bond acceptors (Lipinski definition) is 6. The molecule has 2 N–H and O–H groups in total. The zero-order valence-corrected chi connectivity index (χ0v) is 18.9. The van der Waals surface area contributed by atoms with Crippen LogP contribution >= 0.6 is 11.6 Å². The van der Waals surface area contributed by atoms with E-state index >= 15 is 0 Å². The molecule has 3 aromatic rings. The van der Waals surface area contributed by atoms with Gasteiger partial charge in [0.2, 0.25) is 0 Å². The van der Waals surface area contributed by atoms with Gasteiger partial charge in [-0.25, -0.2) is 8.42 Å². The highest BCUT2D eigenvalue weighted by Gasteiger charge is 2.18. The Morgan fingerprint density at radius 1 is 0.938 bits per heavy atom. The fourth-order valence-electron chi connectivity index (χ4n) is 2.72. The number of nitrogens with one attached hydrogen (secondary N) is 2. The molecule has 0 saturated carbocycles. The zero-order chi connectivity index (χ0) is 23.1. The van der Waals surface area contributed by atoms with E-state index in [4.69, 9.17) is 25.8 Å². The Balaban J connectivity index is 1.75. The van der Waals surface area contributed by atoms with Crippen LogP contribution < -0.4 is 24.2 Å². The van der Waals surface area contributed by atoms with Crippen molar-refractivity contribution in [2.75, 3.05) is 30.9 Å². The summed E-state index contributed by atoms with van der Waals surface area (Å²) >= 11 is 6.01. The third kappa shape index (κ3) is 5.83. The Hall–Kier alpha value is -3.43. The molecule has 0 heterocycles. The van der Waals surface area contributed by atoms with Crippen LogP contribution in [0.2, 0.25) is 5.02 Å². The first-order valence-electron chi connectivity index (χ1n) is 9.34. The first kappa shape index (κ1) is 23.2. The van der Waals surface area contributed by atoms with Gasteiger partial charge in [-0.05, 0) is 54.6 Å². The van der Waals surface area contributed by atoms with Crippen LogP contribution in [0.4, 0.5) is 11.4 Å². The first-order valence-corrected chi connectivity index (χ1v) is 11.2. The van der Waals surface area contributed by atoms with Crippen LogP contribution in [-0.2, 0) is 14.8 Å². The van der Waals surface area contributed by atoms with Gasteiger partial charge in [0.25, 0.3) is 15.9 Å². The Morgan fingerprint density at radius 3 is 2.31 bits per heavy atom. The summed E-state index contributed by atoms with van der Waals surface area (Å²) in [6.45, 7) is -0.325. The highest BCUT2D eigenvalue weighted by Crippen LogP contribution is 2.29. The first-order chi connectivity index (χ1) is 15.3. The van der Waals surface area contributed by atoms with Crippen LogP contribution in [-0.4, -0.2) is 35.2 Å². The topological polar surface area (TPSA) is 103 Å². The van der Waals surface area contributed by atoms with Gasteiger partial charge in [-0.3, -0.25) is 9.52 Å². The number of rotatable bonds is 9. The average Bonchev–Trinajstić information content (AvgIpc) is 2.79. The molecule has 0 radical (unpaired) electrons. The fourth-order valence-corrected chi connectivity index (χ4v) is 3.99. The smallest absolute Gasteiger partial charge is 0.262 e. The molecule has 0 fully saturated rings. The van der Waals surface area contributed by atoms with Crippen molar-refractivity contribution >= 4 is 38.9 Å². The number of benzene rings is 3. The van der Waals surface area contributed by atoms with Gasteiger partial charge in [0.1, 0.15) is 17.2 Å². The third-order valence-corrected chi connectivity index (χ3v) is 5.98. The summed E-state index contributed by atoms with van der Waals surface area (Å²) in [5.41, 5.74) is 0.540. The van der Waals surface area contributed by atoms with Crippen LogP contribution in [0.3, 0.4) is 0 Å². The van der Waals surface area contributed by atoms with Crippen LogP contribution in [0.25, 0.3) is 0 Å². The lowest BCUT2D eigenvalue weighted by atomic mass is 10.3. The second-order valence-electron chi connectivity index (χ2n) is 6.46. The third-order valence-electron chi connectivity index (χ3n) is 4.29. The highest BCUT2D eigenvalue weighted by molar-refractivity contribution is 7.92. The minimum absolute atomic E-state index is 0.0589. The van der Waals surface area contributed by atoms with E-state index in [0.29, 0.717) is 28.0 Å². The molecular weight excluding hydrogens is 456 g/mol. The number of carbonyl (C=O) groups is 1. The molecule has 3 rings (SSSR count). The lowest BCUT2D eigenvalue weighted by Crippen LogP contribution is -2.21. The summed E-state index contributed by atoms with van der Waals surface area (Å²) < 4.78 is 43.8. The maximum absolute atomic E-state index is 12.8. The number of para-hydroxylation sites is 1. The summed E-state index contributed by atoms with van der Waals surface area (Å²) in [5, 5.41) is 2.97. The molecule has 8 nitrogen and oxygen atoms in total. The molecule has 1 amide bonds. The van der Waals surface area contributed by atoms with E-state index in [9.17, 15) is 13.2 Å². The fraction of sp³-hybridized carbons (Fsp3) is 0.136. The largest absolute Gasteiger partial charge is 0.497 e. The van der Waals surface area contributed by atoms with Crippen LogP contribution in [0.1, 0.15) is 0 Å². The van der Waals surface area contributed by atoms with E-state index in [2.05, 4.69) is 10.0 Å². The predicted octanol–water partition coefficient (Wildman–Crippen LogP) is 4.18. The number of methoxy groups -OCH3 is 2. The van der Waals surface area contributed by atoms with Crippen LogP contribution in [0, 0.1) is 0 Å². The Morgan fingerprint density at radius 2 is 1.66 bits per heavy atom. The quantitative estimate of drug-likeness (QED) is 0.480. The Labute approximate surface area is 191 Å². The van der Waals surface area contributed by atoms with E-state index in [0.717, 1.165) is 0 Å². The van der Waals surface area contributed by atoms with Crippen molar-refractivity contribution in [2.45, 2.75) is 4.90 Å². The summed E-state index contributed by atoms with van der Waals surface area (Å²) in [7, 11) is -0.992. The summed E-state index contributed by atoms with van der Waals surface area (Å²) in [5.74, 6) is 0.734. The molecule has 0 atom stereocenters. The molecule has 0 spiro atoms. The molecule has 0 unspecified atom stereocenters. The van der Waals surface area contributed by atoms with E-state index in [1.807, 2.05) is 0 Å². The van der Waals surface area contributed by atoms with Gasteiger partial charge in [-0.2, -0.15) is 0 Å². The van der Waals surface area contributed by atoms with Crippen molar-refractivity contribution in [1.82, 2.24) is 0 Å². The maximum Gasteiger partial charge on any atom is 0.262 e. The number of carbonyl (C=O) groups excluding carboxylic acids is 1. The lowest BCUT2D eigenvalue weighted by molar-refractivity contribution is -0.118. The molecule has 168 valence electrons. The van der Waals surface area contributed by atoms with Gasteiger partial charge in [-0.1, -0.05) is 23.7 Å². The van der Waals surface area contributed by atoms with Gasteiger partial charge in [0.05, 0.1) is 29.8 Å². The predicted molar refractivity (Wildman–Crippen MR) is 122 cm³/mol.